The summed E-state index contributed by atoms with van der Waals surface area (Å²) in [7, 11) is 3.22. The molecule has 1 aliphatic rings. The Morgan fingerprint density at radius 3 is 2.59 bits per heavy atom. The van der Waals surface area contributed by atoms with Gasteiger partial charge in [-0.3, -0.25) is 9.59 Å². The number of halogens is 1. The first-order valence-corrected chi connectivity index (χ1v) is 9.85. The molecular formula is C22H24ClN3O3. The van der Waals surface area contributed by atoms with Crippen LogP contribution in [0.3, 0.4) is 0 Å². The lowest BCUT2D eigenvalue weighted by Crippen LogP contribution is -2.39. The number of carbonyl (C=O) groups excluding carboxylic acids is 2. The number of para-hydroxylation sites is 1. The molecule has 0 N–H and O–H groups in total. The van der Waals surface area contributed by atoms with Crippen molar-refractivity contribution in [3.8, 4) is 5.75 Å². The molecule has 0 aromatic heterocycles. The maximum absolute atomic E-state index is 13.1. The van der Waals surface area contributed by atoms with Crippen LogP contribution in [-0.4, -0.2) is 48.1 Å². The van der Waals surface area contributed by atoms with Gasteiger partial charge in [-0.15, -0.1) is 0 Å². The van der Waals surface area contributed by atoms with E-state index < -0.39 is 0 Å². The Morgan fingerprint density at radius 1 is 1.21 bits per heavy atom. The Hall–Kier alpha value is -2.86. The number of hydrogen-bond donors (Lipinski definition) is 0. The minimum atomic E-state index is -0.338. The first-order valence-electron chi connectivity index (χ1n) is 9.47. The van der Waals surface area contributed by atoms with Crippen molar-refractivity contribution in [2.45, 2.75) is 25.8 Å². The quantitative estimate of drug-likeness (QED) is 0.721. The van der Waals surface area contributed by atoms with Crippen LogP contribution in [0, 0.1) is 0 Å². The minimum Gasteiger partial charge on any atom is -0.496 e. The fourth-order valence-electron chi connectivity index (χ4n) is 3.42. The van der Waals surface area contributed by atoms with Crippen LogP contribution < -0.4 is 4.74 Å². The summed E-state index contributed by atoms with van der Waals surface area (Å²) in [5, 5.41) is 6.65. The third-order valence-electron chi connectivity index (χ3n) is 4.95. The number of amides is 2. The van der Waals surface area contributed by atoms with Gasteiger partial charge in [0.05, 0.1) is 18.9 Å². The van der Waals surface area contributed by atoms with Crippen LogP contribution in [-0.2, 0) is 9.59 Å². The second-order valence-electron chi connectivity index (χ2n) is 6.83. The Labute approximate surface area is 175 Å². The van der Waals surface area contributed by atoms with Gasteiger partial charge in [0, 0.05) is 36.0 Å². The summed E-state index contributed by atoms with van der Waals surface area (Å²) in [4.78, 5) is 26.4. The van der Waals surface area contributed by atoms with E-state index in [1.54, 1.807) is 27.1 Å². The van der Waals surface area contributed by atoms with Crippen molar-refractivity contribution in [1.29, 1.82) is 0 Å². The Bertz CT molecular complexity index is 944. The molecule has 0 spiro atoms. The number of ether oxygens (including phenoxy) is 1. The van der Waals surface area contributed by atoms with Gasteiger partial charge in [-0.2, -0.15) is 5.10 Å². The van der Waals surface area contributed by atoms with E-state index in [-0.39, 0.29) is 24.4 Å². The van der Waals surface area contributed by atoms with E-state index in [4.69, 9.17) is 16.3 Å². The van der Waals surface area contributed by atoms with Gasteiger partial charge in [0.2, 0.25) is 5.91 Å². The maximum atomic E-state index is 13.1. The van der Waals surface area contributed by atoms with Crippen LogP contribution in [0.5, 0.6) is 5.75 Å². The van der Waals surface area contributed by atoms with E-state index in [1.807, 2.05) is 42.5 Å². The summed E-state index contributed by atoms with van der Waals surface area (Å²) in [5.74, 6) is 0.331. The molecule has 152 valence electrons. The number of hydrazone groups is 1. The smallest absolute Gasteiger partial charge is 0.262 e. The highest BCUT2D eigenvalue weighted by atomic mass is 35.5. The van der Waals surface area contributed by atoms with E-state index in [1.165, 1.54) is 9.91 Å². The van der Waals surface area contributed by atoms with Gasteiger partial charge in [0.25, 0.3) is 5.91 Å². The summed E-state index contributed by atoms with van der Waals surface area (Å²) < 4.78 is 5.51. The molecule has 0 saturated heterocycles. The van der Waals surface area contributed by atoms with E-state index in [9.17, 15) is 9.59 Å². The zero-order valence-electron chi connectivity index (χ0n) is 16.8. The van der Waals surface area contributed by atoms with Crippen LogP contribution in [0.4, 0.5) is 0 Å². The van der Waals surface area contributed by atoms with Gasteiger partial charge in [0.1, 0.15) is 12.3 Å². The Balaban J connectivity index is 1.97. The number of nitrogens with zero attached hydrogens (tertiary/aromatic N) is 3. The van der Waals surface area contributed by atoms with E-state index in [0.717, 1.165) is 16.8 Å². The predicted molar refractivity (Wildman–Crippen MR) is 113 cm³/mol. The molecule has 3 rings (SSSR count). The highest BCUT2D eigenvalue weighted by Gasteiger charge is 2.35. The number of rotatable bonds is 6. The van der Waals surface area contributed by atoms with Gasteiger partial charge in [0.15, 0.2) is 0 Å². The lowest BCUT2D eigenvalue weighted by atomic mass is 9.97. The molecule has 0 radical (unpaired) electrons. The molecular weight excluding hydrogens is 390 g/mol. The molecule has 7 heteroatoms. The summed E-state index contributed by atoms with van der Waals surface area (Å²) in [6.45, 7) is 1.72. The van der Waals surface area contributed by atoms with E-state index >= 15 is 0 Å². The molecule has 1 aliphatic heterocycles. The largest absolute Gasteiger partial charge is 0.496 e. The summed E-state index contributed by atoms with van der Waals surface area (Å²) in [6, 6.07) is 14.7. The monoisotopic (exact) mass is 413 g/mol. The minimum absolute atomic E-state index is 0.0440. The number of likely N-dealkylation sites (N-methyl/N-ethyl adjacent to an activating group) is 1. The second-order valence-corrected chi connectivity index (χ2v) is 7.24. The lowest BCUT2D eigenvalue weighted by molar-refractivity contribution is -0.140. The van der Waals surface area contributed by atoms with Crippen molar-refractivity contribution in [1.82, 2.24) is 9.91 Å². The van der Waals surface area contributed by atoms with Crippen molar-refractivity contribution in [2.24, 2.45) is 5.10 Å². The van der Waals surface area contributed by atoms with Crippen molar-refractivity contribution < 1.29 is 14.3 Å². The summed E-state index contributed by atoms with van der Waals surface area (Å²) in [5.41, 5.74) is 2.38. The summed E-state index contributed by atoms with van der Waals surface area (Å²) in [6.07, 6.45) is 0.842. The molecule has 0 fully saturated rings. The maximum Gasteiger partial charge on any atom is 0.262 e. The highest BCUT2D eigenvalue weighted by molar-refractivity contribution is 6.34. The van der Waals surface area contributed by atoms with Crippen LogP contribution >= 0.6 is 11.6 Å². The number of benzene rings is 2. The molecule has 0 aliphatic carbocycles. The van der Waals surface area contributed by atoms with Crippen LogP contribution in [0.2, 0.25) is 5.02 Å². The van der Waals surface area contributed by atoms with Gasteiger partial charge < -0.3 is 9.64 Å². The van der Waals surface area contributed by atoms with Crippen LogP contribution in [0.25, 0.3) is 0 Å². The molecule has 0 bridgehead atoms. The Morgan fingerprint density at radius 2 is 1.90 bits per heavy atom. The van der Waals surface area contributed by atoms with Crippen molar-refractivity contribution in [2.75, 3.05) is 20.7 Å². The third kappa shape index (κ3) is 4.43. The fourth-order valence-corrected chi connectivity index (χ4v) is 3.66. The Kier molecular flexibility index (Phi) is 6.54. The zero-order chi connectivity index (χ0) is 21.0. The third-order valence-corrected chi connectivity index (χ3v) is 5.28. The van der Waals surface area contributed by atoms with Gasteiger partial charge >= 0.3 is 0 Å². The average molecular weight is 414 g/mol. The molecule has 29 heavy (non-hydrogen) atoms. The molecule has 2 aromatic rings. The fraction of sp³-hybridized carbons (Fsp3) is 0.318. The zero-order valence-corrected chi connectivity index (χ0v) is 17.5. The lowest BCUT2D eigenvalue weighted by Gasteiger charge is -2.25. The van der Waals surface area contributed by atoms with E-state index in [2.05, 4.69) is 5.10 Å². The van der Waals surface area contributed by atoms with Crippen LogP contribution in [0.1, 0.15) is 36.9 Å². The first kappa shape index (κ1) is 20.9. The van der Waals surface area contributed by atoms with Crippen molar-refractivity contribution >= 4 is 29.1 Å². The average Bonchev–Trinajstić information content (AvgIpc) is 3.18. The van der Waals surface area contributed by atoms with Gasteiger partial charge in [-0.25, -0.2) is 5.01 Å². The van der Waals surface area contributed by atoms with Gasteiger partial charge in [-0.1, -0.05) is 54.9 Å². The molecule has 6 nitrogen and oxygen atoms in total. The number of carbonyl (C=O) groups is 2. The highest BCUT2D eigenvalue weighted by Crippen LogP contribution is 2.38. The summed E-state index contributed by atoms with van der Waals surface area (Å²) >= 11 is 6.37. The second kappa shape index (κ2) is 9.09. The van der Waals surface area contributed by atoms with Crippen molar-refractivity contribution in [3.63, 3.8) is 0 Å². The standard InChI is InChI=1S/C22H24ClN3O3/c1-4-21(27)25(2)14-22(28)26-19(16-10-6-8-12-20(16)29-3)13-18(24-26)15-9-5-7-11-17(15)23/h5-12,19H,4,13-14H2,1-3H3/t19-/m0/s1. The molecule has 0 unspecified atom stereocenters. The molecule has 0 saturated carbocycles. The number of methoxy groups -OCH3 is 1. The SMILES string of the molecule is CCC(=O)N(C)CC(=O)N1N=C(c2ccccc2Cl)C[C@H]1c1ccccc1OC. The van der Waals surface area contributed by atoms with Gasteiger partial charge in [-0.05, 0) is 12.1 Å². The topological polar surface area (TPSA) is 62.2 Å². The van der Waals surface area contributed by atoms with Crippen LogP contribution in [0.15, 0.2) is 53.6 Å². The predicted octanol–water partition coefficient (Wildman–Crippen LogP) is 3.89. The first-order chi connectivity index (χ1) is 14.0. The number of hydrogen-bond acceptors (Lipinski definition) is 4. The normalized spacial score (nSPS) is 15.8. The van der Waals surface area contributed by atoms with Crippen molar-refractivity contribution in [3.05, 3.63) is 64.7 Å². The molecule has 1 heterocycles. The molecule has 2 aromatic carbocycles. The molecule has 1 atom stereocenters. The van der Waals surface area contributed by atoms with E-state index in [0.29, 0.717) is 23.6 Å². The molecule has 2 amide bonds.